The van der Waals surface area contributed by atoms with Gasteiger partial charge >= 0.3 is 0 Å². The summed E-state index contributed by atoms with van der Waals surface area (Å²) in [6, 6.07) is 5.56. The van der Waals surface area contributed by atoms with E-state index < -0.39 is 0 Å². The van der Waals surface area contributed by atoms with E-state index in [4.69, 9.17) is 4.74 Å². The Labute approximate surface area is 187 Å². The minimum absolute atomic E-state index is 0. The third-order valence-electron chi connectivity index (χ3n) is 5.84. The second kappa shape index (κ2) is 9.10. The van der Waals surface area contributed by atoms with Crippen LogP contribution in [0.1, 0.15) is 12.1 Å². The third kappa shape index (κ3) is 4.10. The number of nitrogens with one attached hydrogen (secondary N) is 2. The summed E-state index contributed by atoms with van der Waals surface area (Å²) in [7, 11) is 3.25. The second-order valence-corrected chi connectivity index (χ2v) is 7.35. The van der Waals surface area contributed by atoms with Crippen LogP contribution >= 0.6 is 24.0 Å². The SMILES string of the molecule is CN=C(NCCN1C(=O)C2C3C=CC(C3)C2C1=O)NCc1cccc(OC)n1.I. The molecule has 9 heteroatoms. The zero-order valence-corrected chi connectivity index (χ0v) is 18.8. The Morgan fingerprint density at radius 2 is 1.90 bits per heavy atom. The molecule has 2 aliphatic carbocycles. The third-order valence-corrected chi connectivity index (χ3v) is 5.84. The molecule has 4 rings (SSSR count). The standard InChI is InChI=1S/C20H25N5O3.HI/c1-21-20(23-11-14-4-3-5-15(24-14)28-2)22-8-9-25-18(26)16-12-6-7-13(10-12)17(16)19(25)27;/h3-7,12-13,16-17H,8-11H2,1-2H3,(H2,21,22,23);1H. The summed E-state index contributed by atoms with van der Waals surface area (Å²) in [6.07, 6.45) is 5.17. The second-order valence-electron chi connectivity index (χ2n) is 7.35. The van der Waals surface area contributed by atoms with Crippen LogP contribution in [0.5, 0.6) is 5.88 Å². The van der Waals surface area contributed by atoms with E-state index in [1.165, 1.54) is 4.90 Å². The van der Waals surface area contributed by atoms with Crippen molar-refractivity contribution < 1.29 is 14.3 Å². The fraction of sp³-hybridized carbons (Fsp3) is 0.500. The molecule has 2 amide bonds. The molecule has 1 saturated carbocycles. The van der Waals surface area contributed by atoms with Crippen molar-refractivity contribution in [3.05, 3.63) is 36.0 Å². The summed E-state index contributed by atoms with van der Waals surface area (Å²) in [5.74, 6) is 1.32. The summed E-state index contributed by atoms with van der Waals surface area (Å²) in [4.78, 5) is 35.3. The number of hydrogen-bond donors (Lipinski definition) is 2. The Hall–Kier alpha value is -2.17. The van der Waals surface area contributed by atoms with Gasteiger partial charge in [-0.2, -0.15) is 0 Å². The Bertz CT molecular complexity index is 813. The molecule has 29 heavy (non-hydrogen) atoms. The smallest absolute Gasteiger partial charge is 0.233 e. The zero-order chi connectivity index (χ0) is 19.7. The van der Waals surface area contributed by atoms with Gasteiger partial charge in [0.15, 0.2) is 5.96 Å². The lowest BCUT2D eigenvalue weighted by Crippen LogP contribution is -2.43. The molecule has 0 spiro atoms. The maximum absolute atomic E-state index is 12.7. The van der Waals surface area contributed by atoms with Gasteiger partial charge in [0, 0.05) is 26.2 Å². The van der Waals surface area contributed by atoms with Crippen LogP contribution in [-0.2, 0) is 16.1 Å². The highest BCUT2D eigenvalue weighted by Crippen LogP contribution is 2.52. The normalized spacial score (nSPS) is 27.1. The van der Waals surface area contributed by atoms with Gasteiger partial charge in [-0.3, -0.25) is 19.5 Å². The highest BCUT2D eigenvalue weighted by molar-refractivity contribution is 14.0. The first-order chi connectivity index (χ1) is 13.6. The van der Waals surface area contributed by atoms with Crippen molar-refractivity contribution >= 4 is 41.8 Å². The van der Waals surface area contributed by atoms with E-state index in [-0.39, 0.29) is 59.5 Å². The number of likely N-dealkylation sites (tertiary alicyclic amines) is 1. The first kappa shape index (κ1) is 21.5. The maximum Gasteiger partial charge on any atom is 0.233 e. The van der Waals surface area contributed by atoms with Gasteiger partial charge in [-0.05, 0) is 24.3 Å². The summed E-state index contributed by atoms with van der Waals surface area (Å²) in [5, 5.41) is 6.33. The van der Waals surface area contributed by atoms with Crippen LogP contribution in [0.15, 0.2) is 35.3 Å². The van der Waals surface area contributed by atoms with E-state index in [1.807, 2.05) is 12.1 Å². The molecule has 3 aliphatic rings. The largest absolute Gasteiger partial charge is 0.481 e. The minimum Gasteiger partial charge on any atom is -0.481 e. The van der Waals surface area contributed by atoms with E-state index in [2.05, 4.69) is 32.8 Å². The molecule has 4 unspecified atom stereocenters. The molecule has 2 N–H and O–H groups in total. The van der Waals surface area contributed by atoms with Crippen LogP contribution in [0.25, 0.3) is 0 Å². The molecule has 1 saturated heterocycles. The van der Waals surface area contributed by atoms with E-state index >= 15 is 0 Å². The van der Waals surface area contributed by atoms with Crippen molar-refractivity contribution in [2.75, 3.05) is 27.2 Å². The number of allylic oxidation sites excluding steroid dienone is 2. The lowest BCUT2D eigenvalue weighted by molar-refractivity contribution is -0.140. The number of nitrogens with zero attached hydrogens (tertiary/aromatic N) is 3. The number of halogens is 1. The van der Waals surface area contributed by atoms with Crippen LogP contribution in [0.4, 0.5) is 0 Å². The van der Waals surface area contributed by atoms with Crippen molar-refractivity contribution in [2.24, 2.45) is 28.7 Å². The number of pyridine rings is 1. The Morgan fingerprint density at radius 3 is 2.52 bits per heavy atom. The monoisotopic (exact) mass is 511 g/mol. The van der Waals surface area contributed by atoms with Gasteiger partial charge in [0.25, 0.3) is 0 Å². The first-order valence-corrected chi connectivity index (χ1v) is 9.60. The molecular weight excluding hydrogens is 485 g/mol. The topological polar surface area (TPSA) is 95.9 Å². The average molecular weight is 511 g/mol. The number of amides is 2. The maximum atomic E-state index is 12.7. The summed E-state index contributed by atoms with van der Waals surface area (Å²) < 4.78 is 5.12. The van der Waals surface area contributed by atoms with Crippen LogP contribution in [0.2, 0.25) is 0 Å². The van der Waals surface area contributed by atoms with Crippen LogP contribution < -0.4 is 15.4 Å². The number of carbonyl (C=O) groups is 2. The lowest BCUT2D eigenvalue weighted by atomic mass is 9.85. The molecule has 1 aliphatic heterocycles. The van der Waals surface area contributed by atoms with Gasteiger partial charge in [0.2, 0.25) is 17.7 Å². The highest BCUT2D eigenvalue weighted by atomic mass is 127. The Morgan fingerprint density at radius 1 is 1.21 bits per heavy atom. The van der Waals surface area contributed by atoms with Gasteiger partial charge in [-0.15, -0.1) is 24.0 Å². The van der Waals surface area contributed by atoms with Crippen molar-refractivity contribution in [3.63, 3.8) is 0 Å². The van der Waals surface area contributed by atoms with Gasteiger partial charge < -0.3 is 15.4 Å². The van der Waals surface area contributed by atoms with Crippen molar-refractivity contribution in [1.82, 2.24) is 20.5 Å². The number of fused-ring (bicyclic) bond motifs is 5. The first-order valence-electron chi connectivity index (χ1n) is 9.60. The molecule has 4 atom stereocenters. The number of imide groups is 1. The van der Waals surface area contributed by atoms with Gasteiger partial charge in [0.05, 0.1) is 31.2 Å². The molecule has 0 aromatic carbocycles. The molecule has 8 nitrogen and oxygen atoms in total. The number of rotatable bonds is 6. The Kier molecular flexibility index (Phi) is 6.76. The summed E-state index contributed by atoms with van der Waals surface area (Å²) >= 11 is 0. The van der Waals surface area contributed by atoms with Crippen molar-refractivity contribution in [2.45, 2.75) is 13.0 Å². The van der Waals surface area contributed by atoms with Gasteiger partial charge in [-0.1, -0.05) is 18.2 Å². The predicted octanol–water partition coefficient (Wildman–Crippen LogP) is 1.18. The molecular formula is C20H26IN5O3. The van der Waals surface area contributed by atoms with E-state index in [0.29, 0.717) is 31.5 Å². The zero-order valence-electron chi connectivity index (χ0n) is 16.5. The molecule has 0 radical (unpaired) electrons. The molecule has 1 aromatic heterocycles. The fourth-order valence-corrected chi connectivity index (χ4v) is 4.54. The van der Waals surface area contributed by atoms with Crippen molar-refractivity contribution in [1.29, 1.82) is 0 Å². The van der Waals surface area contributed by atoms with E-state index in [0.717, 1.165) is 12.1 Å². The number of ether oxygens (including phenoxy) is 1. The number of methoxy groups -OCH3 is 1. The van der Waals surface area contributed by atoms with Crippen LogP contribution in [0, 0.1) is 23.7 Å². The molecule has 2 fully saturated rings. The number of carbonyl (C=O) groups excluding carboxylic acids is 2. The van der Waals surface area contributed by atoms with E-state index in [1.54, 1.807) is 20.2 Å². The fourth-order valence-electron chi connectivity index (χ4n) is 4.54. The van der Waals surface area contributed by atoms with Crippen molar-refractivity contribution in [3.8, 4) is 5.88 Å². The van der Waals surface area contributed by atoms with Gasteiger partial charge in [0.1, 0.15) is 0 Å². The number of hydrogen-bond acceptors (Lipinski definition) is 5. The van der Waals surface area contributed by atoms with Crippen LogP contribution in [-0.4, -0.2) is 54.9 Å². The number of aromatic nitrogens is 1. The molecule has 2 bridgehead atoms. The minimum atomic E-state index is -0.140. The highest BCUT2D eigenvalue weighted by Gasteiger charge is 2.58. The van der Waals surface area contributed by atoms with E-state index in [9.17, 15) is 9.59 Å². The summed E-state index contributed by atoms with van der Waals surface area (Å²) in [6.45, 7) is 1.28. The van der Waals surface area contributed by atoms with Gasteiger partial charge in [-0.25, -0.2) is 4.98 Å². The number of guanidine groups is 1. The predicted molar refractivity (Wildman–Crippen MR) is 119 cm³/mol. The molecule has 156 valence electrons. The quantitative estimate of drug-likeness (QED) is 0.196. The number of aliphatic imine (C=N–C) groups is 1. The molecule has 1 aromatic rings. The molecule has 2 heterocycles. The summed E-state index contributed by atoms with van der Waals surface area (Å²) in [5.41, 5.74) is 0.822. The van der Waals surface area contributed by atoms with Crippen LogP contribution in [0.3, 0.4) is 0 Å². The average Bonchev–Trinajstić information content (AvgIpc) is 3.40. The lowest BCUT2D eigenvalue weighted by Gasteiger charge is -2.18. The Balaban J connectivity index is 0.00000240.